The van der Waals surface area contributed by atoms with Gasteiger partial charge in [0.15, 0.2) is 0 Å². The van der Waals surface area contributed by atoms with Gasteiger partial charge in [0.25, 0.3) is 0 Å². The van der Waals surface area contributed by atoms with Gasteiger partial charge in [0.1, 0.15) is 5.75 Å². The summed E-state index contributed by atoms with van der Waals surface area (Å²) in [5, 5.41) is 15.5. The lowest BCUT2D eigenvalue weighted by molar-refractivity contribution is 0.341. The van der Waals surface area contributed by atoms with Gasteiger partial charge in [-0.3, -0.25) is 0 Å². The number of nitrogens with zero attached hydrogens (tertiary/aromatic N) is 4. The maximum Gasteiger partial charge on any atom is 0.227 e. The second kappa shape index (κ2) is 12.3. The number of aromatic nitrogens is 2. The monoisotopic (exact) mass is 575 g/mol. The van der Waals surface area contributed by atoms with Crippen LogP contribution in [-0.4, -0.2) is 74.5 Å². The van der Waals surface area contributed by atoms with Crippen LogP contribution in [0.5, 0.6) is 5.75 Å². The van der Waals surface area contributed by atoms with E-state index in [1.807, 2.05) is 56.6 Å². The average molecular weight is 576 g/mol. The van der Waals surface area contributed by atoms with Gasteiger partial charge in [0, 0.05) is 74.6 Å². The summed E-state index contributed by atoms with van der Waals surface area (Å²) in [6.45, 7) is 4.55. The van der Waals surface area contributed by atoms with Gasteiger partial charge in [-0.1, -0.05) is 30.3 Å². The molecule has 11 heteroatoms. The molecule has 10 nitrogen and oxygen atoms in total. The van der Waals surface area contributed by atoms with Gasteiger partial charge in [-0.05, 0) is 43.0 Å². The number of allylic oxidation sites excluding steroid dienone is 2. The number of anilines is 3. The first-order chi connectivity index (χ1) is 19.8. The molecule has 2 aromatic carbocycles. The van der Waals surface area contributed by atoms with Crippen LogP contribution in [0.1, 0.15) is 30.2 Å². The molecule has 5 rings (SSSR count). The highest BCUT2D eigenvalue weighted by Crippen LogP contribution is 2.34. The van der Waals surface area contributed by atoms with E-state index in [-0.39, 0.29) is 0 Å². The number of hydrogen-bond donors (Lipinski definition) is 3. The molecule has 0 radical (unpaired) electrons. The first-order valence-electron chi connectivity index (χ1n) is 13.9. The van der Waals surface area contributed by atoms with E-state index in [1.54, 1.807) is 0 Å². The van der Waals surface area contributed by atoms with Gasteiger partial charge in [0.2, 0.25) is 16.0 Å². The number of ether oxygens (including phenoxy) is 1. The number of aryl methyl sites for hydroxylation is 1. The Morgan fingerprint density at radius 1 is 1.07 bits per heavy atom. The van der Waals surface area contributed by atoms with Crippen molar-refractivity contribution in [1.82, 2.24) is 19.6 Å². The number of nitrogens with one attached hydrogen (secondary N) is 3. The predicted molar refractivity (Wildman–Crippen MR) is 164 cm³/mol. The third kappa shape index (κ3) is 6.52. The van der Waals surface area contributed by atoms with E-state index in [2.05, 4.69) is 32.7 Å². The average Bonchev–Trinajstić information content (AvgIpc) is 2.97. The Kier molecular flexibility index (Phi) is 8.55. The molecule has 3 N–H and O–H groups in total. The molecule has 2 heterocycles. The molecule has 1 aromatic heterocycles. The summed E-state index contributed by atoms with van der Waals surface area (Å²) in [7, 11) is -1.30. The Hall–Kier alpha value is -3.96. The van der Waals surface area contributed by atoms with Crippen LogP contribution < -0.4 is 20.3 Å². The van der Waals surface area contributed by atoms with Gasteiger partial charge in [-0.25, -0.2) is 18.4 Å². The summed E-state index contributed by atoms with van der Waals surface area (Å²) in [5.41, 5.74) is 7.03. The van der Waals surface area contributed by atoms with Crippen LogP contribution >= 0.6 is 0 Å². The van der Waals surface area contributed by atoms with Crippen molar-refractivity contribution in [3.8, 4) is 5.75 Å². The van der Waals surface area contributed by atoms with Crippen LogP contribution in [0.3, 0.4) is 0 Å². The van der Waals surface area contributed by atoms with Crippen molar-refractivity contribution in [2.75, 3.05) is 56.3 Å². The SMILES string of the molecule is CCOc1cc(N2CCN(S(C)(=O)=O)CC2)ccc1Nc1ncc2c(n1)/C(=C(\Cc1ccccc1)NC)C(=N)CC2. The van der Waals surface area contributed by atoms with Gasteiger partial charge in [0.05, 0.1) is 24.2 Å². The Bertz CT molecular complexity index is 1550. The maximum atomic E-state index is 11.9. The maximum absolute atomic E-state index is 11.9. The van der Waals surface area contributed by atoms with Gasteiger partial charge < -0.3 is 25.7 Å². The van der Waals surface area contributed by atoms with E-state index in [1.165, 1.54) is 10.6 Å². The van der Waals surface area contributed by atoms with Crippen molar-refractivity contribution in [2.45, 2.75) is 26.2 Å². The minimum Gasteiger partial charge on any atom is -0.492 e. The molecule has 216 valence electrons. The van der Waals surface area contributed by atoms with E-state index in [0.717, 1.165) is 45.9 Å². The van der Waals surface area contributed by atoms with Gasteiger partial charge in [-0.2, -0.15) is 4.31 Å². The first kappa shape index (κ1) is 28.6. The number of sulfonamides is 1. The third-order valence-electron chi connectivity index (χ3n) is 7.46. The fraction of sp³-hybridized carbons (Fsp3) is 0.367. The molecule has 0 saturated carbocycles. The Balaban J connectivity index is 1.42. The topological polar surface area (TPSA) is 124 Å². The highest BCUT2D eigenvalue weighted by molar-refractivity contribution is 7.88. The summed E-state index contributed by atoms with van der Waals surface area (Å²) >= 11 is 0. The molecule has 0 spiro atoms. The zero-order valence-corrected chi connectivity index (χ0v) is 24.6. The van der Waals surface area contributed by atoms with Crippen LogP contribution in [0.2, 0.25) is 0 Å². The normalized spacial score (nSPS) is 17.1. The molecule has 0 bridgehead atoms. The van der Waals surface area contributed by atoms with E-state index in [4.69, 9.17) is 15.1 Å². The Morgan fingerprint density at radius 2 is 1.83 bits per heavy atom. The molecular weight excluding hydrogens is 538 g/mol. The van der Waals surface area contributed by atoms with Crippen LogP contribution in [0.25, 0.3) is 5.57 Å². The fourth-order valence-electron chi connectivity index (χ4n) is 5.31. The number of fused-ring (bicyclic) bond motifs is 1. The van der Waals surface area contributed by atoms with Gasteiger partial charge in [-0.15, -0.1) is 0 Å². The predicted octanol–water partition coefficient (Wildman–Crippen LogP) is 3.84. The van der Waals surface area contributed by atoms with Crippen LogP contribution in [-0.2, 0) is 22.9 Å². The zero-order chi connectivity index (χ0) is 29.0. The largest absolute Gasteiger partial charge is 0.492 e. The molecule has 0 unspecified atom stereocenters. The molecule has 1 aliphatic heterocycles. The lowest BCUT2D eigenvalue weighted by Crippen LogP contribution is -2.48. The number of hydrogen-bond acceptors (Lipinski definition) is 9. The zero-order valence-electron chi connectivity index (χ0n) is 23.8. The van der Waals surface area contributed by atoms with Gasteiger partial charge >= 0.3 is 0 Å². The number of likely N-dealkylation sites (N-methyl/N-ethyl adjacent to an activating group) is 1. The van der Waals surface area contributed by atoms with Crippen LogP contribution in [0.4, 0.5) is 17.3 Å². The van der Waals surface area contributed by atoms with Crippen molar-refractivity contribution in [2.24, 2.45) is 0 Å². The van der Waals surface area contributed by atoms with Crippen molar-refractivity contribution >= 4 is 38.6 Å². The Morgan fingerprint density at radius 3 is 2.51 bits per heavy atom. The number of rotatable bonds is 9. The first-order valence-corrected chi connectivity index (χ1v) is 15.7. The smallest absolute Gasteiger partial charge is 0.227 e. The molecule has 3 aromatic rings. The fourth-order valence-corrected chi connectivity index (χ4v) is 6.13. The number of benzene rings is 2. The molecule has 2 aliphatic rings. The van der Waals surface area contributed by atoms with E-state index in [0.29, 0.717) is 63.0 Å². The Labute approximate surface area is 242 Å². The van der Waals surface area contributed by atoms with E-state index in [9.17, 15) is 8.42 Å². The quantitative estimate of drug-likeness (QED) is 0.352. The molecule has 1 saturated heterocycles. The summed E-state index contributed by atoms with van der Waals surface area (Å²) < 4.78 is 31.3. The minimum absolute atomic E-state index is 0.432. The molecule has 1 fully saturated rings. The highest BCUT2D eigenvalue weighted by atomic mass is 32.2. The second-order valence-corrected chi connectivity index (χ2v) is 12.2. The molecular formula is C30H37N7O3S. The third-order valence-corrected chi connectivity index (χ3v) is 8.76. The van der Waals surface area contributed by atoms with Crippen molar-refractivity contribution < 1.29 is 13.2 Å². The minimum atomic E-state index is -3.19. The summed E-state index contributed by atoms with van der Waals surface area (Å²) in [6, 6.07) is 16.1. The van der Waals surface area contributed by atoms with Crippen molar-refractivity contribution in [3.63, 3.8) is 0 Å². The summed E-state index contributed by atoms with van der Waals surface area (Å²) in [6.07, 6.45) is 5.15. The second-order valence-electron chi connectivity index (χ2n) is 10.2. The summed E-state index contributed by atoms with van der Waals surface area (Å²) in [5.74, 6) is 1.10. The van der Waals surface area contributed by atoms with Crippen molar-refractivity contribution in [3.05, 3.63) is 77.2 Å². The lowest BCUT2D eigenvalue weighted by atomic mass is 9.88. The van der Waals surface area contributed by atoms with E-state index < -0.39 is 10.0 Å². The molecule has 1 aliphatic carbocycles. The van der Waals surface area contributed by atoms with Crippen LogP contribution in [0, 0.1) is 5.41 Å². The lowest BCUT2D eigenvalue weighted by Gasteiger charge is -2.35. The summed E-state index contributed by atoms with van der Waals surface area (Å²) in [4.78, 5) is 11.7. The number of piperazine rings is 1. The van der Waals surface area contributed by atoms with Crippen LogP contribution in [0.15, 0.2) is 60.4 Å². The standard InChI is InChI=1S/C30H37N7O3S/c1-4-40-27-19-23(36-14-16-37(17-15-36)41(3,38)39)11-13-25(27)34-30-33-20-22-10-12-24(31)28(29(22)35-30)26(32-2)18-21-8-6-5-7-9-21/h5-9,11,13,19-20,31-32H,4,10,12,14-18H2,1-3H3,(H,33,34,35)/b28-26+,31-24?. The molecule has 0 atom stereocenters. The van der Waals surface area contributed by atoms with Crippen molar-refractivity contribution in [1.29, 1.82) is 5.41 Å². The highest BCUT2D eigenvalue weighted by Gasteiger charge is 2.26. The van der Waals surface area contributed by atoms with E-state index >= 15 is 0 Å². The molecule has 0 amide bonds. The molecule has 41 heavy (non-hydrogen) atoms.